The zero-order valence-electron chi connectivity index (χ0n) is 15.8. The predicted octanol–water partition coefficient (Wildman–Crippen LogP) is 2.91. The van der Waals surface area contributed by atoms with Crippen molar-refractivity contribution in [1.82, 2.24) is 23.8 Å². The normalized spacial score (nSPS) is 11.1. The van der Waals surface area contributed by atoms with Gasteiger partial charge in [-0.2, -0.15) is 0 Å². The number of ether oxygens (including phenoxy) is 1. The Balaban J connectivity index is 1.75. The van der Waals surface area contributed by atoms with Crippen molar-refractivity contribution in [3.63, 3.8) is 0 Å². The van der Waals surface area contributed by atoms with E-state index in [-0.39, 0.29) is 5.91 Å². The van der Waals surface area contributed by atoms with Crippen molar-refractivity contribution in [3.05, 3.63) is 72.9 Å². The van der Waals surface area contributed by atoms with E-state index in [0.29, 0.717) is 30.4 Å². The summed E-state index contributed by atoms with van der Waals surface area (Å²) in [4.78, 5) is 23.7. The second-order valence-electron chi connectivity index (χ2n) is 6.46. The van der Waals surface area contributed by atoms with E-state index in [1.807, 2.05) is 69.9 Å². The molecule has 7 nitrogen and oxygen atoms in total. The van der Waals surface area contributed by atoms with Crippen LogP contribution < -0.4 is 0 Å². The molecule has 1 aromatic carbocycles. The first-order valence-electron chi connectivity index (χ1n) is 9.00. The van der Waals surface area contributed by atoms with Crippen LogP contribution in [0, 0.1) is 0 Å². The van der Waals surface area contributed by atoms with E-state index in [4.69, 9.17) is 4.74 Å². The van der Waals surface area contributed by atoms with Gasteiger partial charge in [-0.3, -0.25) is 9.20 Å². The SMILES string of the molecule is COCCN(C)C(=O)c1nc(-c2cn(-c3ccccc3)cn2)n2ccccc12. The molecule has 0 radical (unpaired) electrons. The number of para-hydroxylation sites is 1. The van der Waals surface area contributed by atoms with Crippen molar-refractivity contribution in [1.29, 1.82) is 0 Å². The van der Waals surface area contributed by atoms with Crippen LogP contribution in [-0.2, 0) is 4.74 Å². The Hall–Kier alpha value is -3.45. The molecule has 0 saturated carbocycles. The van der Waals surface area contributed by atoms with E-state index in [9.17, 15) is 4.79 Å². The Morgan fingerprint density at radius 1 is 1.14 bits per heavy atom. The zero-order valence-corrected chi connectivity index (χ0v) is 15.8. The number of benzene rings is 1. The van der Waals surface area contributed by atoms with E-state index in [1.165, 1.54) is 0 Å². The molecule has 4 aromatic rings. The van der Waals surface area contributed by atoms with Crippen LogP contribution in [0.2, 0.25) is 0 Å². The number of methoxy groups -OCH3 is 1. The molecule has 7 heteroatoms. The molecule has 0 atom stereocenters. The molecule has 1 amide bonds. The minimum absolute atomic E-state index is 0.144. The monoisotopic (exact) mass is 375 g/mol. The van der Waals surface area contributed by atoms with Crippen molar-refractivity contribution >= 4 is 11.4 Å². The van der Waals surface area contributed by atoms with Crippen LogP contribution in [0.15, 0.2) is 67.3 Å². The number of rotatable bonds is 6. The number of hydrogen-bond donors (Lipinski definition) is 0. The van der Waals surface area contributed by atoms with Gasteiger partial charge in [0.25, 0.3) is 5.91 Å². The molecule has 0 N–H and O–H groups in total. The first kappa shape index (κ1) is 17.9. The lowest BCUT2D eigenvalue weighted by molar-refractivity contribution is 0.0741. The first-order valence-corrected chi connectivity index (χ1v) is 9.00. The summed E-state index contributed by atoms with van der Waals surface area (Å²) in [5, 5.41) is 0. The maximum absolute atomic E-state index is 12.9. The number of aromatic nitrogens is 4. The third kappa shape index (κ3) is 3.27. The third-order valence-corrected chi connectivity index (χ3v) is 4.59. The largest absolute Gasteiger partial charge is 0.383 e. The van der Waals surface area contributed by atoms with Gasteiger partial charge in [0.15, 0.2) is 11.5 Å². The van der Waals surface area contributed by atoms with Gasteiger partial charge in [0.1, 0.15) is 12.0 Å². The Morgan fingerprint density at radius 3 is 2.71 bits per heavy atom. The Kier molecular flexibility index (Phi) is 4.90. The molecule has 0 spiro atoms. The van der Waals surface area contributed by atoms with Gasteiger partial charge in [0.2, 0.25) is 0 Å². The van der Waals surface area contributed by atoms with Crippen molar-refractivity contribution in [2.75, 3.05) is 27.3 Å². The number of carbonyl (C=O) groups excluding carboxylic acids is 1. The summed E-state index contributed by atoms with van der Waals surface area (Å²) in [6.45, 7) is 0.974. The minimum Gasteiger partial charge on any atom is -0.383 e. The lowest BCUT2D eigenvalue weighted by atomic mass is 10.3. The lowest BCUT2D eigenvalue weighted by Crippen LogP contribution is -2.30. The summed E-state index contributed by atoms with van der Waals surface area (Å²) in [5.74, 6) is 0.489. The van der Waals surface area contributed by atoms with Crippen LogP contribution in [0.25, 0.3) is 22.7 Å². The third-order valence-electron chi connectivity index (χ3n) is 4.59. The van der Waals surface area contributed by atoms with Crippen molar-refractivity contribution in [2.24, 2.45) is 0 Å². The van der Waals surface area contributed by atoms with Gasteiger partial charge in [-0.05, 0) is 24.3 Å². The van der Waals surface area contributed by atoms with Crippen molar-refractivity contribution in [2.45, 2.75) is 0 Å². The summed E-state index contributed by atoms with van der Waals surface area (Å²) in [5.41, 5.74) is 2.87. The van der Waals surface area contributed by atoms with Crippen LogP contribution >= 0.6 is 0 Å². The molecular weight excluding hydrogens is 354 g/mol. The van der Waals surface area contributed by atoms with E-state index < -0.39 is 0 Å². The smallest absolute Gasteiger partial charge is 0.274 e. The molecule has 28 heavy (non-hydrogen) atoms. The number of likely N-dealkylation sites (N-methyl/N-ethyl adjacent to an activating group) is 1. The topological polar surface area (TPSA) is 64.7 Å². The standard InChI is InChI=1S/C21H21N5O2/c1-24(12-13-28-2)21(27)19-18-10-6-7-11-26(18)20(23-19)17-14-25(15-22-17)16-8-4-3-5-9-16/h3-11,14-15H,12-13H2,1-2H3. The fourth-order valence-electron chi connectivity index (χ4n) is 3.07. The highest BCUT2D eigenvalue weighted by molar-refractivity contribution is 5.99. The molecule has 0 unspecified atom stereocenters. The summed E-state index contributed by atoms with van der Waals surface area (Å²) in [6, 6.07) is 15.6. The number of pyridine rings is 1. The van der Waals surface area contributed by atoms with Gasteiger partial charge in [0, 0.05) is 38.8 Å². The van der Waals surface area contributed by atoms with Gasteiger partial charge < -0.3 is 14.2 Å². The van der Waals surface area contributed by atoms with E-state index in [1.54, 1.807) is 25.4 Å². The van der Waals surface area contributed by atoms with Gasteiger partial charge >= 0.3 is 0 Å². The fraction of sp³-hybridized carbons (Fsp3) is 0.190. The van der Waals surface area contributed by atoms with Gasteiger partial charge in [-0.25, -0.2) is 9.97 Å². The van der Waals surface area contributed by atoms with E-state index >= 15 is 0 Å². The first-order chi connectivity index (χ1) is 13.7. The predicted molar refractivity (Wildman–Crippen MR) is 107 cm³/mol. The molecule has 142 valence electrons. The number of fused-ring (bicyclic) bond motifs is 1. The van der Waals surface area contributed by atoms with Crippen molar-refractivity contribution < 1.29 is 9.53 Å². The molecule has 0 aliphatic heterocycles. The van der Waals surface area contributed by atoms with Gasteiger partial charge in [-0.1, -0.05) is 24.3 Å². The lowest BCUT2D eigenvalue weighted by Gasteiger charge is -2.15. The Bertz CT molecular complexity index is 1100. The number of hydrogen-bond acceptors (Lipinski definition) is 4. The fourth-order valence-corrected chi connectivity index (χ4v) is 3.07. The summed E-state index contributed by atoms with van der Waals surface area (Å²) < 4.78 is 8.91. The van der Waals surface area contributed by atoms with Crippen LogP contribution in [0.4, 0.5) is 0 Å². The number of imidazole rings is 2. The zero-order chi connectivity index (χ0) is 19.5. The second kappa shape index (κ2) is 7.66. The van der Waals surface area contributed by atoms with Crippen LogP contribution in [0.3, 0.4) is 0 Å². The number of nitrogens with zero attached hydrogens (tertiary/aromatic N) is 5. The highest BCUT2D eigenvalue weighted by Gasteiger charge is 2.22. The molecule has 4 rings (SSSR count). The molecule has 3 heterocycles. The van der Waals surface area contributed by atoms with E-state index in [2.05, 4.69) is 9.97 Å². The van der Waals surface area contributed by atoms with E-state index in [0.717, 1.165) is 11.2 Å². The van der Waals surface area contributed by atoms with Gasteiger partial charge in [-0.15, -0.1) is 0 Å². The Morgan fingerprint density at radius 2 is 1.93 bits per heavy atom. The molecule has 0 fully saturated rings. The second-order valence-corrected chi connectivity index (χ2v) is 6.46. The summed E-state index contributed by atoms with van der Waals surface area (Å²) >= 11 is 0. The summed E-state index contributed by atoms with van der Waals surface area (Å²) in [7, 11) is 3.37. The maximum Gasteiger partial charge on any atom is 0.274 e. The van der Waals surface area contributed by atoms with Crippen molar-refractivity contribution in [3.8, 4) is 17.2 Å². The molecule has 0 saturated heterocycles. The minimum atomic E-state index is -0.144. The highest BCUT2D eigenvalue weighted by atomic mass is 16.5. The van der Waals surface area contributed by atoms with Crippen LogP contribution in [0.1, 0.15) is 10.5 Å². The average Bonchev–Trinajstić information content (AvgIpc) is 3.37. The quantitative estimate of drug-likeness (QED) is 0.520. The highest BCUT2D eigenvalue weighted by Crippen LogP contribution is 2.23. The summed E-state index contributed by atoms with van der Waals surface area (Å²) in [6.07, 6.45) is 5.56. The number of amides is 1. The maximum atomic E-state index is 12.9. The molecule has 0 aliphatic rings. The van der Waals surface area contributed by atoms with Crippen LogP contribution in [0.5, 0.6) is 0 Å². The molecular formula is C21H21N5O2. The average molecular weight is 375 g/mol. The molecule has 0 bridgehead atoms. The van der Waals surface area contributed by atoms with Crippen LogP contribution in [-0.4, -0.2) is 57.1 Å². The van der Waals surface area contributed by atoms with Gasteiger partial charge in [0.05, 0.1) is 12.1 Å². The molecule has 3 aromatic heterocycles. The number of carbonyl (C=O) groups is 1. The molecule has 0 aliphatic carbocycles. The Labute approximate surface area is 162 Å².